The Bertz CT molecular complexity index is 459. The Balaban J connectivity index is 2.26. The number of benzene rings is 1. The van der Waals surface area contributed by atoms with Crippen molar-refractivity contribution < 1.29 is 9.66 Å². The molecule has 116 valence electrons. The lowest BCUT2D eigenvalue weighted by Gasteiger charge is -2.29. The molecule has 1 fully saturated rings. The summed E-state index contributed by atoms with van der Waals surface area (Å²) in [5.74, 6) is 0. The first kappa shape index (κ1) is 16.2. The van der Waals surface area contributed by atoms with Crippen molar-refractivity contribution in [2.45, 2.75) is 18.7 Å². The van der Waals surface area contributed by atoms with Gasteiger partial charge in [-0.05, 0) is 13.8 Å². The van der Waals surface area contributed by atoms with Crippen molar-refractivity contribution in [3.05, 3.63) is 34.4 Å². The van der Waals surface area contributed by atoms with Gasteiger partial charge in [-0.2, -0.15) is 0 Å². The Morgan fingerprint density at radius 3 is 2.29 bits per heavy atom. The molecule has 1 aliphatic heterocycles. The summed E-state index contributed by atoms with van der Waals surface area (Å²) in [4.78, 5) is 11.6. The van der Waals surface area contributed by atoms with Gasteiger partial charge in [0.2, 0.25) is 11.3 Å². The van der Waals surface area contributed by atoms with Crippen molar-refractivity contribution in [3.8, 4) is 0 Å². The Labute approximate surface area is 128 Å². The van der Waals surface area contributed by atoms with Crippen molar-refractivity contribution in [2.75, 3.05) is 39.4 Å². The molecule has 0 spiro atoms. The van der Waals surface area contributed by atoms with Crippen LogP contribution in [0, 0.1) is 10.1 Å². The Morgan fingerprint density at radius 1 is 1.24 bits per heavy atom. The second-order valence-electron chi connectivity index (χ2n) is 4.67. The van der Waals surface area contributed by atoms with E-state index in [-0.39, 0.29) is 21.9 Å². The quantitative estimate of drug-likeness (QED) is 0.457. The summed E-state index contributed by atoms with van der Waals surface area (Å²) in [7, 11) is 0. The third-order valence-corrected chi connectivity index (χ3v) is 5.98. The van der Waals surface area contributed by atoms with Gasteiger partial charge in [-0.3, -0.25) is 10.1 Å². The number of hydrogen-bond acceptors (Lipinski definition) is 5. The normalized spacial score (nSPS) is 17.9. The van der Waals surface area contributed by atoms with Crippen molar-refractivity contribution in [3.63, 3.8) is 0 Å². The maximum Gasteiger partial charge on any atom is 0.269 e. The number of hydrogen-bond donors (Lipinski definition) is 0. The first-order valence-electron chi connectivity index (χ1n) is 7.24. The predicted octanol–water partition coefficient (Wildman–Crippen LogP) is 2.08. The van der Waals surface area contributed by atoms with Crippen LogP contribution in [-0.4, -0.2) is 52.9 Å². The molecule has 0 radical (unpaired) electrons. The van der Waals surface area contributed by atoms with Crippen LogP contribution in [-0.2, 0) is 16.0 Å². The summed E-state index contributed by atoms with van der Waals surface area (Å²) in [5.41, 5.74) is 0.142. The molecule has 21 heavy (non-hydrogen) atoms. The van der Waals surface area contributed by atoms with Gasteiger partial charge in [-0.25, -0.2) is 0 Å². The average Bonchev–Trinajstić information content (AvgIpc) is 2.53. The molecule has 1 aliphatic rings. The molecule has 1 saturated heterocycles. The molecular formula is C14H22N3O3S+. The maximum atomic E-state index is 10.8. The lowest BCUT2D eigenvalue weighted by Crippen LogP contribution is -2.48. The number of nitro benzene ring substituents is 1. The van der Waals surface area contributed by atoms with Gasteiger partial charge in [0.15, 0.2) is 4.90 Å². The monoisotopic (exact) mass is 312 g/mol. The van der Waals surface area contributed by atoms with Crippen LogP contribution in [0.15, 0.2) is 29.2 Å². The van der Waals surface area contributed by atoms with E-state index in [0.29, 0.717) is 0 Å². The summed E-state index contributed by atoms with van der Waals surface area (Å²) < 4.78 is 10.2. The zero-order valence-corrected chi connectivity index (χ0v) is 13.3. The van der Waals surface area contributed by atoms with Crippen LogP contribution in [0.3, 0.4) is 0 Å². The van der Waals surface area contributed by atoms with Crippen molar-refractivity contribution in [2.24, 2.45) is 0 Å². The minimum atomic E-state index is -0.353. The molecule has 0 aliphatic carbocycles. The second-order valence-corrected chi connectivity index (χ2v) is 6.70. The summed E-state index contributed by atoms with van der Waals surface area (Å²) in [6, 6.07) is 6.96. The van der Waals surface area contributed by atoms with Gasteiger partial charge in [-0.1, -0.05) is 4.31 Å². The molecule has 0 N–H and O–H groups in total. The zero-order valence-electron chi connectivity index (χ0n) is 12.5. The third-order valence-electron chi connectivity index (χ3n) is 3.42. The molecule has 2 rings (SSSR count). The first-order chi connectivity index (χ1) is 10.2. The topological polar surface area (TPSA) is 58.8 Å². The average molecular weight is 312 g/mol. The highest BCUT2D eigenvalue weighted by Crippen LogP contribution is 2.25. The van der Waals surface area contributed by atoms with E-state index < -0.39 is 0 Å². The van der Waals surface area contributed by atoms with Gasteiger partial charge in [0.05, 0.1) is 31.2 Å². The molecule has 7 heteroatoms. The van der Waals surface area contributed by atoms with Gasteiger partial charge >= 0.3 is 0 Å². The van der Waals surface area contributed by atoms with Crippen molar-refractivity contribution >= 4 is 17.0 Å². The lowest BCUT2D eigenvalue weighted by molar-refractivity contribution is -0.384. The first-order valence-corrected chi connectivity index (χ1v) is 8.37. The van der Waals surface area contributed by atoms with Crippen LogP contribution in [0.4, 0.5) is 5.69 Å². The number of nitro groups is 1. The van der Waals surface area contributed by atoms with E-state index in [0.717, 1.165) is 44.3 Å². The summed E-state index contributed by atoms with van der Waals surface area (Å²) >= 11 is -0.170. The minimum absolute atomic E-state index is 0.142. The van der Waals surface area contributed by atoms with Gasteiger partial charge < -0.3 is 4.74 Å². The molecule has 0 aromatic heterocycles. The number of non-ortho nitro benzene ring substituents is 1. The van der Waals surface area contributed by atoms with E-state index in [1.165, 1.54) is 0 Å². The standard InChI is InChI=1S/C14H22N3O3S/c1-3-15(4-2)21(16-9-11-20-12-10-16)14-7-5-13(6-8-14)17(18)19/h5-8H,3-4,9-12H2,1-2H3/q+1. The van der Waals surface area contributed by atoms with E-state index >= 15 is 0 Å². The molecule has 0 saturated carbocycles. The molecule has 1 heterocycles. The second kappa shape index (κ2) is 7.74. The van der Waals surface area contributed by atoms with Crippen molar-refractivity contribution in [1.29, 1.82) is 0 Å². The van der Waals surface area contributed by atoms with Crippen LogP contribution in [0.1, 0.15) is 13.8 Å². The molecule has 0 amide bonds. The van der Waals surface area contributed by atoms with E-state index in [4.69, 9.17) is 4.74 Å². The van der Waals surface area contributed by atoms with E-state index in [9.17, 15) is 10.1 Å². The fraction of sp³-hybridized carbons (Fsp3) is 0.571. The molecule has 0 bridgehead atoms. The number of morpholine rings is 1. The maximum absolute atomic E-state index is 10.8. The fourth-order valence-corrected chi connectivity index (χ4v) is 4.63. The van der Waals surface area contributed by atoms with Crippen LogP contribution in [0.2, 0.25) is 0 Å². The summed E-state index contributed by atoms with van der Waals surface area (Å²) in [6.07, 6.45) is 0. The number of rotatable bonds is 6. The molecule has 6 nitrogen and oxygen atoms in total. The number of ether oxygens (including phenoxy) is 1. The molecule has 1 atom stereocenters. The number of nitrogens with zero attached hydrogens (tertiary/aromatic N) is 3. The molecule has 1 unspecified atom stereocenters. The highest BCUT2D eigenvalue weighted by atomic mass is 32.2. The lowest BCUT2D eigenvalue weighted by atomic mass is 10.3. The van der Waals surface area contributed by atoms with E-state index in [1.807, 2.05) is 12.1 Å². The van der Waals surface area contributed by atoms with Crippen molar-refractivity contribution in [1.82, 2.24) is 8.61 Å². The van der Waals surface area contributed by atoms with Gasteiger partial charge in [-0.15, -0.1) is 4.31 Å². The van der Waals surface area contributed by atoms with Crippen LogP contribution in [0.25, 0.3) is 0 Å². The highest BCUT2D eigenvalue weighted by molar-refractivity contribution is 7.92. The minimum Gasteiger partial charge on any atom is -0.378 e. The SMILES string of the molecule is CCN(CC)[S+](c1ccc([N+](=O)[O-])cc1)N1CCOCC1. The van der Waals surface area contributed by atoms with Crippen LogP contribution >= 0.6 is 0 Å². The summed E-state index contributed by atoms with van der Waals surface area (Å²) in [6.45, 7) is 9.50. The molecule has 1 aromatic rings. The molecular weight excluding hydrogens is 290 g/mol. The van der Waals surface area contributed by atoms with Gasteiger partial charge in [0, 0.05) is 37.4 Å². The summed E-state index contributed by atoms with van der Waals surface area (Å²) in [5, 5.41) is 10.8. The Kier molecular flexibility index (Phi) is 5.98. The Morgan fingerprint density at radius 2 is 1.81 bits per heavy atom. The van der Waals surface area contributed by atoms with Gasteiger partial charge in [0.1, 0.15) is 0 Å². The third kappa shape index (κ3) is 3.94. The van der Waals surface area contributed by atoms with E-state index in [2.05, 4.69) is 22.5 Å². The Hall–Kier alpha value is -1.15. The zero-order chi connectivity index (χ0) is 15.2. The molecule has 1 aromatic carbocycles. The van der Waals surface area contributed by atoms with Crippen LogP contribution in [0.5, 0.6) is 0 Å². The largest absolute Gasteiger partial charge is 0.378 e. The van der Waals surface area contributed by atoms with Crippen LogP contribution < -0.4 is 0 Å². The highest BCUT2D eigenvalue weighted by Gasteiger charge is 2.38. The fourth-order valence-electron chi connectivity index (χ4n) is 2.34. The predicted molar refractivity (Wildman–Crippen MR) is 84.0 cm³/mol. The van der Waals surface area contributed by atoms with Gasteiger partial charge in [0.25, 0.3) is 5.69 Å². The van der Waals surface area contributed by atoms with E-state index in [1.54, 1.807) is 12.1 Å². The smallest absolute Gasteiger partial charge is 0.269 e.